The van der Waals surface area contributed by atoms with E-state index in [1.165, 1.54) is 22.3 Å². The molecule has 1 aromatic carbocycles. The fourth-order valence-electron chi connectivity index (χ4n) is 1.85. The number of hydrogen-bond acceptors (Lipinski definition) is 2. The highest BCUT2D eigenvalue weighted by molar-refractivity contribution is 5.38. The summed E-state index contributed by atoms with van der Waals surface area (Å²) < 4.78 is 0. The number of nitrogens with two attached hydrogens (primary N) is 1. The maximum absolute atomic E-state index is 8.77. The van der Waals surface area contributed by atoms with E-state index in [0.717, 1.165) is 12.8 Å². The summed E-state index contributed by atoms with van der Waals surface area (Å²) in [4.78, 5) is 0. The highest BCUT2D eigenvalue weighted by Gasteiger charge is 2.09. The van der Waals surface area contributed by atoms with Gasteiger partial charge in [0.05, 0.1) is 0 Å². The summed E-state index contributed by atoms with van der Waals surface area (Å²) in [6.07, 6.45) is 1.62. The predicted molar refractivity (Wildman–Crippen MR) is 63.9 cm³/mol. The van der Waals surface area contributed by atoms with Crippen LogP contribution in [-0.2, 0) is 0 Å². The maximum Gasteiger partial charge on any atom is 0.0431 e. The van der Waals surface area contributed by atoms with Gasteiger partial charge in [-0.2, -0.15) is 0 Å². The molecule has 1 rings (SSSR count). The molecule has 2 heteroatoms. The van der Waals surface area contributed by atoms with Crippen LogP contribution in [0.3, 0.4) is 0 Å². The summed E-state index contributed by atoms with van der Waals surface area (Å²) in [6.45, 7) is 6.54. The van der Waals surface area contributed by atoms with Gasteiger partial charge >= 0.3 is 0 Å². The standard InChI is InChI=1S/C13H21NO/c1-9-7-11(3)12(8-10(9)2)13(14)5-4-6-15/h7-8,13,15H,4-6,14H2,1-3H3. The van der Waals surface area contributed by atoms with Crippen molar-refractivity contribution in [2.45, 2.75) is 39.7 Å². The Morgan fingerprint density at radius 1 is 1.13 bits per heavy atom. The van der Waals surface area contributed by atoms with Crippen LogP contribution in [0.4, 0.5) is 0 Å². The van der Waals surface area contributed by atoms with Crippen LogP contribution in [0.1, 0.15) is 41.1 Å². The smallest absolute Gasteiger partial charge is 0.0431 e. The molecule has 0 amide bonds. The van der Waals surface area contributed by atoms with Crippen molar-refractivity contribution >= 4 is 0 Å². The first-order chi connectivity index (χ1) is 7.06. The van der Waals surface area contributed by atoms with Crippen molar-refractivity contribution < 1.29 is 5.11 Å². The van der Waals surface area contributed by atoms with Crippen LogP contribution in [0.2, 0.25) is 0 Å². The second-order valence-electron chi connectivity index (χ2n) is 4.27. The van der Waals surface area contributed by atoms with Crippen LogP contribution >= 0.6 is 0 Å². The Kier molecular flexibility index (Phi) is 4.30. The Labute approximate surface area is 92.1 Å². The largest absolute Gasteiger partial charge is 0.396 e. The lowest BCUT2D eigenvalue weighted by molar-refractivity contribution is 0.280. The topological polar surface area (TPSA) is 46.2 Å². The maximum atomic E-state index is 8.77. The molecule has 0 saturated carbocycles. The first-order valence-electron chi connectivity index (χ1n) is 5.50. The zero-order valence-corrected chi connectivity index (χ0v) is 9.88. The van der Waals surface area contributed by atoms with Gasteiger partial charge in [-0.15, -0.1) is 0 Å². The van der Waals surface area contributed by atoms with Crippen molar-refractivity contribution in [1.29, 1.82) is 0 Å². The van der Waals surface area contributed by atoms with E-state index in [1.807, 2.05) is 0 Å². The first-order valence-corrected chi connectivity index (χ1v) is 5.50. The summed E-state index contributed by atoms with van der Waals surface area (Å²) in [5.74, 6) is 0. The third-order valence-corrected chi connectivity index (χ3v) is 2.96. The molecule has 0 aliphatic heterocycles. The normalized spacial score (nSPS) is 12.9. The van der Waals surface area contributed by atoms with Crippen LogP contribution < -0.4 is 5.73 Å². The molecular formula is C13H21NO. The first kappa shape index (κ1) is 12.2. The van der Waals surface area contributed by atoms with Gasteiger partial charge in [-0.05, 0) is 55.9 Å². The minimum Gasteiger partial charge on any atom is -0.396 e. The van der Waals surface area contributed by atoms with Gasteiger partial charge < -0.3 is 10.8 Å². The van der Waals surface area contributed by atoms with E-state index >= 15 is 0 Å². The average molecular weight is 207 g/mol. The molecule has 0 fully saturated rings. The highest BCUT2D eigenvalue weighted by Crippen LogP contribution is 2.23. The summed E-state index contributed by atoms with van der Waals surface area (Å²) in [7, 11) is 0. The van der Waals surface area contributed by atoms with Crippen LogP contribution in [0.5, 0.6) is 0 Å². The molecule has 1 aromatic rings. The van der Waals surface area contributed by atoms with Gasteiger partial charge in [0.15, 0.2) is 0 Å². The van der Waals surface area contributed by atoms with Crippen LogP contribution in [-0.4, -0.2) is 11.7 Å². The van der Waals surface area contributed by atoms with Gasteiger partial charge in [0.1, 0.15) is 0 Å². The molecule has 3 N–H and O–H groups in total. The van der Waals surface area contributed by atoms with Crippen molar-refractivity contribution in [2.24, 2.45) is 5.73 Å². The van der Waals surface area contributed by atoms with E-state index in [1.54, 1.807) is 0 Å². The van der Waals surface area contributed by atoms with E-state index in [4.69, 9.17) is 10.8 Å². The van der Waals surface area contributed by atoms with Crippen molar-refractivity contribution in [3.63, 3.8) is 0 Å². The van der Waals surface area contributed by atoms with Crippen LogP contribution in [0.15, 0.2) is 12.1 Å². The van der Waals surface area contributed by atoms with Gasteiger partial charge in [-0.25, -0.2) is 0 Å². The third kappa shape index (κ3) is 3.05. The molecule has 84 valence electrons. The molecule has 0 saturated heterocycles. The monoisotopic (exact) mass is 207 g/mol. The van der Waals surface area contributed by atoms with E-state index in [9.17, 15) is 0 Å². The molecule has 15 heavy (non-hydrogen) atoms. The Bertz CT molecular complexity index is 334. The van der Waals surface area contributed by atoms with Gasteiger partial charge in [-0.1, -0.05) is 12.1 Å². The van der Waals surface area contributed by atoms with Crippen LogP contribution in [0.25, 0.3) is 0 Å². The van der Waals surface area contributed by atoms with E-state index in [-0.39, 0.29) is 12.6 Å². The van der Waals surface area contributed by atoms with Crippen LogP contribution in [0, 0.1) is 20.8 Å². The number of benzene rings is 1. The molecule has 1 unspecified atom stereocenters. The number of aliphatic hydroxyl groups excluding tert-OH is 1. The number of rotatable bonds is 4. The summed E-state index contributed by atoms with van der Waals surface area (Å²) in [6, 6.07) is 4.41. The average Bonchev–Trinajstić information content (AvgIpc) is 2.20. The Hall–Kier alpha value is -0.860. The fourth-order valence-corrected chi connectivity index (χ4v) is 1.85. The van der Waals surface area contributed by atoms with Gasteiger partial charge in [0.25, 0.3) is 0 Å². The minimum absolute atomic E-state index is 0.0523. The van der Waals surface area contributed by atoms with E-state index < -0.39 is 0 Å². The van der Waals surface area contributed by atoms with Crippen molar-refractivity contribution in [3.05, 3.63) is 34.4 Å². The molecule has 0 bridgehead atoms. The Balaban J connectivity index is 2.88. The zero-order valence-electron chi connectivity index (χ0n) is 9.88. The lowest BCUT2D eigenvalue weighted by atomic mass is 9.94. The molecule has 0 heterocycles. The molecule has 1 atom stereocenters. The van der Waals surface area contributed by atoms with Crippen molar-refractivity contribution in [3.8, 4) is 0 Å². The van der Waals surface area contributed by atoms with E-state index in [0.29, 0.717) is 0 Å². The molecule has 0 spiro atoms. The minimum atomic E-state index is 0.0523. The summed E-state index contributed by atoms with van der Waals surface area (Å²) in [5.41, 5.74) is 11.2. The summed E-state index contributed by atoms with van der Waals surface area (Å²) in [5, 5.41) is 8.77. The van der Waals surface area contributed by atoms with Gasteiger partial charge in [-0.3, -0.25) is 0 Å². The fraction of sp³-hybridized carbons (Fsp3) is 0.538. The lowest BCUT2D eigenvalue weighted by Crippen LogP contribution is -2.12. The van der Waals surface area contributed by atoms with Crippen molar-refractivity contribution in [2.75, 3.05) is 6.61 Å². The highest BCUT2D eigenvalue weighted by atomic mass is 16.2. The lowest BCUT2D eigenvalue weighted by Gasteiger charge is -2.16. The Morgan fingerprint density at radius 3 is 2.33 bits per heavy atom. The summed E-state index contributed by atoms with van der Waals surface area (Å²) >= 11 is 0. The van der Waals surface area contributed by atoms with E-state index in [2.05, 4.69) is 32.9 Å². The molecule has 0 aliphatic carbocycles. The number of aryl methyl sites for hydroxylation is 3. The zero-order chi connectivity index (χ0) is 11.4. The quantitative estimate of drug-likeness (QED) is 0.796. The van der Waals surface area contributed by atoms with Gasteiger partial charge in [0.2, 0.25) is 0 Å². The van der Waals surface area contributed by atoms with Gasteiger partial charge in [0, 0.05) is 12.6 Å². The Morgan fingerprint density at radius 2 is 1.73 bits per heavy atom. The molecule has 0 aromatic heterocycles. The third-order valence-electron chi connectivity index (χ3n) is 2.96. The molecular weight excluding hydrogens is 186 g/mol. The second kappa shape index (κ2) is 5.29. The van der Waals surface area contributed by atoms with Crippen molar-refractivity contribution in [1.82, 2.24) is 0 Å². The SMILES string of the molecule is Cc1cc(C)c(C(N)CCCO)cc1C. The number of hydrogen-bond donors (Lipinski definition) is 2. The molecule has 0 aliphatic rings. The predicted octanol–water partition coefficient (Wildman–Crippen LogP) is 2.38. The molecule has 0 radical (unpaired) electrons. The molecule has 2 nitrogen and oxygen atoms in total. The number of aliphatic hydroxyl groups is 1. The second-order valence-corrected chi connectivity index (χ2v) is 4.27.